The van der Waals surface area contributed by atoms with Gasteiger partial charge in [0.2, 0.25) is 5.91 Å². The SMILES string of the molecule is CCCCNC(=O)c1ccc2c(c1)CN(CCC(C)C)CCCCCCCN2C(C)=O. The average molecular weight is 430 g/mol. The third kappa shape index (κ3) is 8.64. The van der Waals surface area contributed by atoms with Crippen molar-refractivity contribution in [3.05, 3.63) is 29.3 Å². The Morgan fingerprint density at radius 1 is 1.06 bits per heavy atom. The van der Waals surface area contributed by atoms with Gasteiger partial charge in [0.05, 0.1) is 0 Å². The molecule has 5 heteroatoms. The third-order valence-corrected chi connectivity index (χ3v) is 6.10. The molecule has 1 aliphatic rings. The van der Waals surface area contributed by atoms with Crippen molar-refractivity contribution in [2.24, 2.45) is 5.92 Å². The van der Waals surface area contributed by atoms with E-state index in [4.69, 9.17) is 0 Å². The van der Waals surface area contributed by atoms with E-state index in [2.05, 4.69) is 31.0 Å². The molecule has 0 unspecified atom stereocenters. The van der Waals surface area contributed by atoms with Crippen LogP contribution in [-0.4, -0.2) is 42.9 Å². The van der Waals surface area contributed by atoms with Crippen LogP contribution in [0.4, 0.5) is 5.69 Å². The lowest BCUT2D eigenvalue weighted by atomic mass is 10.0. The molecule has 1 aromatic rings. The molecule has 0 atom stereocenters. The van der Waals surface area contributed by atoms with Gasteiger partial charge in [-0.05, 0) is 68.5 Å². The lowest BCUT2D eigenvalue weighted by Gasteiger charge is -2.29. The summed E-state index contributed by atoms with van der Waals surface area (Å²) in [7, 11) is 0. The molecule has 0 radical (unpaired) electrons. The average Bonchev–Trinajstić information content (AvgIpc) is 2.72. The Morgan fingerprint density at radius 3 is 2.45 bits per heavy atom. The van der Waals surface area contributed by atoms with Gasteiger partial charge in [0, 0.05) is 37.8 Å². The van der Waals surface area contributed by atoms with Crippen LogP contribution in [0.3, 0.4) is 0 Å². The van der Waals surface area contributed by atoms with Crippen molar-refractivity contribution >= 4 is 17.5 Å². The summed E-state index contributed by atoms with van der Waals surface area (Å²) in [6, 6.07) is 5.87. The zero-order valence-corrected chi connectivity index (χ0v) is 20.2. The number of unbranched alkanes of at least 4 members (excludes halogenated alkanes) is 1. The maximum atomic E-state index is 12.7. The first kappa shape index (κ1) is 25.4. The minimum absolute atomic E-state index is 0.0227. The lowest BCUT2D eigenvalue weighted by molar-refractivity contribution is -0.116. The third-order valence-electron chi connectivity index (χ3n) is 6.10. The molecule has 0 spiro atoms. The number of rotatable bonds is 7. The quantitative estimate of drug-likeness (QED) is 0.592. The molecule has 1 aliphatic heterocycles. The zero-order valence-electron chi connectivity index (χ0n) is 20.2. The largest absolute Gasteiger partial charge is 0.352 e. The minimum Gasteiger partial charge on any atom is -0.352 e. The molecule has 1 heterocycles. The van der Waals surface area contributed by atoms with E-state index >= 15 is 0 Å². The first-order valence-electron chi connectivity index (χ1n) is 12.3. The summed E-state index contributed by atoms with van der Waals surface area (Å²) in [5, 5.41) is 3.03. The molecule has 0 fully saturated rings. The van der Waals surface area contributed by atoms with E-state index in [1.807, 2.05) is 23.1 Å². The Hall–Kier alpha value is -1.88. The van der Waals surface area contributed by atoms with Crippen LogP contribution in [0.1, 0.15) is 95.0 Å². The Bertz CT molecular complexity index is 702. The van der Waals surface area contributed by atoms with Crippen LogP contribution in [0.25, 0.3) is 0 Å². The maximum Gasteiger partial charge on any atom is 0.251 e. The van der Waals surface area contributed by atoms with Crippen molar-refractivity contribution in [2.75, 3.05) is 31.1 Å². The van der Waals surface area contributed by atoms with E-state index in [0.717, 1.165) is 69.5 Å². The molecule has 1 N–H and O–H groups in total. The van der Waals surface area contributed by atoms with Gasteiger partial charge < -0.3 is 10.2 Å². The van der Waals surface area contributed by atoms with Crippen molar-refractivity contribution in [3.8, 4) is 0 Å². The van der Waals surface area contributed by atoms with Crippen molar-refractivity contribution in [1.29, 1.82) is 0 Å². The maximum absolute atomic E-state index is 12.7. The highest BCUT2D eigenvalue weighted by Crippen LogP contribution is 2.26. The van der Waals surface area contributed by atoms with E-state index in [1.165, 1.54) is 19.3 Å². The number of hydrogen-bond acceptors (Lipinski definition) is 3. The smallest absolute Gasteiger partial charge is 0.251 e. The first-order chi connectivity index (χ1) is 14.9. The van der Waals surface area contributed by atoms with Gasteiger partial charge in [-0.15, -0.1) is 0 Å². The molecule has 0 saturated heterocycles. The van der Waals surface area contributed by atoms with Gasteiger partial charge in [0.15, 0.2) is 0 Å². The first-order valence-corrected chi connectivity index (χ1v) is 12.3. The fourth-order valence-corrected chi connectivity index (χ4v) is 4.13. The summed E-state index contributed by atoms with van der Waals surface area (Å²) in [5.41, 5.74) is 2.74. The van der Waals surface area contributed by atoms with Crippen LogP contribution in [0, 0.1) is 5.92 Å². The fraction of sp³-hybridized carbons (Fsp3) is 0.692. The molecule has 2 rings (SSSR count). The predicted molar refractivity (Wildman–Crippen MR) is 130 cm³/mol. The van der Waals surface area contributed by atoms with Gasteiger partial charge in [0.1, 0.15) is 0 Å². The van der Waals surface area contributed by atoms with E-state index < -0.39 is 0 Å². The highest BCUT2D eigenvalue weighted by Gasteiger charge is 2.20. The van der Waals surface area contributed by atoms with E-state index in [1.54, 1.807) is 6.92 Å². The van der Waals surface area contributed by atoms with Crippen molar-refractivity contribution in [1.82, 2.24) is 10.2 Å². The van der Waals surface area contributed by atoms with E-state index in [9.17, 15) is 9.59 Å². The highest BCUT2D eigenvalue weighted by atomic mass is 16.2. The molecule has 2 amide bonds. The number of benzene rings is 1. The van der Waals surface area contributed by atoms with Crippen LogP contribution in [0.5, 0.6) is 0 Å². The van der Waals surface area contributed by atoms with Gasteiger partial charge in [-0.2, -0.15) is 0 Å². The standard InChI is InChI=1S/C26H43N3O2/c1-5-6-15-27-26(31)23-12-13-25-24(19-23)20-28(18-14-21(2)3)16-10-8-7-9-11-17-29(25)22(4)30/h12-13,19,21H,5-11,14-18,20H2,1-4H3,(H,27,31). The number of nitrogens with zero attached hydrogens (tertiary/aromatic N) is 2. The second-order valence-corrected chi connectivity index (χ2v) is 9.35. The summed E-state index contributed by atoms with van der Waals surface area (Å²) in [6.45, 7) is 12.6. The second kappa shape index (κ2) is 13.5. The van der Waals surface area contributed by atoms with Gasteiger partial charge >= 0.3 is 0 Å². The molecule has 0 saturated carbocycles. The highest BCUT2D eigenvalue weighted by molar-refractivity contribution is 5.97. The zero-order chi connectivity index (χ0) is 22.6. The van der Waals surface area contributed by atoms with Gasteiger partial charge in [-0.3, -0.25) is 14.5 Å². The summed E-state index contributed by atoms with van der Waals surface area (Å²) >= 11 is 0. The molecule has 0 bridgehead atoms. The van der Waals surface area contributed by atoms with Crippen LogP contribution in [0.2, 0.25) is 0 Å². The normalized spacial score (nSPS) is 16.4. The molecule has 5 nitrogen and oxygen atoms in total. The predicted octanol–water partition coefficient (Wildman–Crippen LogP) is 5.38. The van der Waals surface area contributed by atoms with Crippen LogP contribution in [-0.2, 0) is 11.3 Å². The summed E-state index contributed by atoms with van der Waals surface area (Å²) < 4.78 is 0. The lowest BCUT2D eigenvalue weighted by Crippen LogP contribution is -2.33. The molecule has 0 aliphatic carbocycles. The van der Waals surface area contributed by atoms with Crippen LogP contribution in [0.15, 0.2) is 18.2 Å². The van der Waals surface area contributed by atoms with E-state index in [-0.39, 0.29) is 11.8 Å². The molecule has 0 aromatic heterocycles. The Morgan fingerprint density at radius 2 is 1.77 bits per heavy atom. The molecule has 174 valence electrons. The van der Waals surface area contributed by atoms with Gasteiger partial charge in [-0.25, -0.2) is 0 Å². The van der Waals surface area contributed by atoms with Crippen LogP contribution >= 0.6 is 0 Å². The van der Waals surface area contributed by atoms with Gasteiger partial charge in [-0.1, -0.05) is 46.5 Å². The second-order valence-electron chi connectivity index (χ2n) is 9.35. The topological polar surface area (TPSA) is 52.7 Å². The summed E-state index contributed by atoms with van der Waals surface area (Å²) in [6.07, 6.45) is 9.06. The molecule has 31 heavy (non-hydrogen) atoms. The number of carbonyl (C=O) groups excluding carboxylic acids is 2. The van der Waals surface area contributed by atoms with Crippen molar-refractivity contribution in [3.63, 3.8) is 0 Å². The minimum atomic E-state index is -0.0227. The van der Waals surface area contributed by atoms with Crippen molar-refractivity contribution in [2.45, 2.75) is 85.6 Å². The number of hydrogen-bond donors (Lipinski definition) is 1. The van der Waals surface area contributed by atoms with Crippen molar-refractivity contribution < 1.29 is 9.59 Å². The monoisotopic (exact) mass is 429 g/mol. The number of anilines is 1. The number of nitrogens with one attached hydrogen (secondary N) is 1. The number of amides is 2. The number of fused-ring (bicyclic) bond motifs is 1. The Balaban J connectivity index is 2.35. The Kier molecular flexibility index (Phi) is 11.1. The molecule has 1 aromatic carbocycles. The van der Waals surface area contributed by atoms with E-state index in [0.29, 0.717) is 18.0 Å². The van der Waals surface area contributed by atoms with Crippen LogP contribution < -0.4 is 10.2 Å². The fourth-order valence-electron chi connectivity index (χ4n) is 4.13. The molecular weight excluding hydrogens is 386 g/mol. The summed E-state index contributed by atoms with van der Waals surface area (Å²) in [5.74, 6) is 0.711. The summed E-state index contributed by atoms with van der Waals surface area (Å²) in [4.78, 5) is 29.6. The molecular formula is C26H43N3O2. The number of carbonyl (C=O) groups is 2. The Labute approximate surface area is 189 Å². The van der Waals surface area contributed by atoms with Gasteiger partial charge in [0.25, 0.3) is 5.91 Å².